The minimum Gasteiger partial charge on any atom is -0.497 e. The molecule has 1 aliphatic rings. The molecule has 0 bridgehead atoms. The molecule has 0 amide bonds. The zero-order valence-corrected chi connectivity index (χ0v) is 84.5. The van der Waals surface area contributed by atoms with Crippen molar-refractivity contribution in [2.24, 2.45) is 0 Å². The molecule has 25 aromatic rings. The fraction of sp³-hybridized carbons (Fsp3) is 0.123. The molecule has 144 heavy (non-hydrogen) atoms. The van der Waals surface area contributed by atoms with Crippen LogP contribution in [0.1, 0.15) is 33.6 Å². The number of piperazine rings is 1. The van der Waals surface area contributed by atoms with E-state index in [1.807, 2.05) is 164 Å². The van der Waals surface area contributed by atoms with Gasteiger partial charge in [0.2, 0.25) is 0 Å². The maximum absolute atomic E-state index is 5.49. The fourth-order valence-electron chi connectivity index (χ4n) is 17.6. The average molecular weight is 1980 g/mol. The first-order valence-electron chi connectivity index (χ1n) is 47.1. The molecule has 0 atom stereocenters. The van der Waals surface area contributed by atoms with Crippen molar-refractivity contribution in [1.29, 1.82) is 0 Å². The van der Waals surface area contributed by atoms with Crippen molar-refractivity contribution in [3.8, 4) is 70.1 Å². The van der Waals surface area contributed by atoms with Gasteiger partial charge in [-0.05, 0) is 268 Å². The van der Waals surface area contributed by atoms with E-state index in [0.717, 1.165) is 195 Å². The third-order valence-corrected chi connectivity index (χ3v) is 30.8. The quantitative estimate of drug-likeness (QED) is 0.0505. The second-order valence-corrected chi connectivity index (χ2v) is 40.5. The Labute approximate surface area is 849 Å². The molecular formula is C114H98N22O3S5. The highest BCUT2D eigenvalue weighted by atomic mass is 32.1. The average Bonchev–Trinajstić information content (AvgIpc) is 1.61. The lowest BCUT2D eigenvalue weighted by Gasteiger charge is -2.34. The summed E-state index contributed by atoms with van der Waals surface area (Å²) >= 11 is 8.80. The number of hydrogen-bond acceptors (Lipinski definition) is 25. The first-order valence-corrected chi connectivity index (χ1v) is 51.1. The Morgan fingerprint density at radius 2 is 0.646 bits per heavy atom. The number of thiophene rings is 5. The molecule has 1 fully saturated rings. The summed E-state index contributed by atoms with van der Waals surface area (Å²) in [6.07, 6.45) is 5.65. The number of rotatable bonds is 19. The van der Waals surface area contributed by atoms with Crippen LogP contribution < -0.4 is 45.7 Å². The van der Waals surface area contributed by atoms with Gasteiger partial charge in [0.1, 0.15) is 45.7 Å². The fourth-order valence-corrected chi connectivity index (χ4v) is 23.0. The van der Waals surface area contributed by atoms with Gasteiger partial charge in [0.15, 0.2) is 57.3 Å². The predicted molar refractivity (Wildman–Crippen MR) is 595 cm³/mol. The Balaban J connectivity index is 0.000000103. The van der Waals surface area contributed by atoms with Crippen molar-refractivity contribution in [3.63, 3.8) is 0 Å². The maximum atomic E-state index is 5.49. The van der Waals surface area contributed by atoms with Crippen LogP contribution in [0.4, 0.5) is 63.2 Å². The van der Waals surface area contributed by atoms with Crippen molar-refractivity contribution >= 4 is 199 Å². The highest BCUT2D eigenvalue weighted by Crippen LogP contribution is 2.42. The molecule has 5 N–H and O–H groups in total. The number of ether oxygens (including phenoxy) is 3. The molecular weight excluding hydrogens is 1890 g/mol. The van der Waals surface area contributed by atoms with Crippen molar-refractivity contribution < 1.29 is 14.2 Å². The van der Waals surface area contributed by atoms with Crippen molar-refractivity contribution in [3.05, 3.63) is 368 Å². The normalized spacial score (nSPS) is 12.1. The van der Waals surface area contributed by atoms with Crippen molar-refractivity contribution in [2.45, 2.75) is 41.5 Å². The van der Waals surface area contributed by atoms with E-state index in [1.165, 1.54) is 77.0 Å². The number of nitrogens with zero attached hydrogens (tertiary/aromatic N) is 17. The predicted octanol–water partition coefficient (Wildman–Crippen LogP) is 28.4. The van der Waals surface area contributed by atoms with Gasteiger partial charge in [-0.1, -0.05) is 127 Å². The third kappa shape index (κ3) is 19.7. The molecule has 1 saturated heterocycles. The van der Waals surface area contributed by atoms with Crippen LogP contribution in [-0.4, -0.2) is 132 Å². The molecule has 26 rings (SSSR count). The Bertz CT molecular complexity index is 8860. The first kappa shape index (κ1) is 92.3. The third-order valence-electron chi connectivity index (χ3n) is 25.2. The Hall–Kier alpha value is -16.7. The molecule has 0 radical (unpaired) electrons. The summed E-state index contributed by atoms with van der Waals surface area (Å²) in [7, 11) is 7.22. The van der Waals surface area contributed by atoms with Gasteiger partial charge in [-0.2, -0.15) is 0 Å². The van der Waals surface area contributed by atoms with Gasteiger partial charge in [0.05, 0.1) is 75.7 Å². The number of anilines is 11. The van der Waals surface area contributed by atoms with E-state index in [0.29, 0.717) is 0 Å². The minimum atomic E-state index is 0.746. The number of fused-ring (bicyclic) bond motifs is 10. The number of imidazole rings is 5. The van der Waals surface area contributed by atoms with Crippen LogP contribution in [-0.2, 0) is 0 Å². The zero-order chi connectivity index (χ0) is 98.0. The summed E-state index contributed by atoms with van der Waals surface area (Å²) < 4.78 is 32.1. The number of likely N-dealkylation sites (N-methyl/N-ethyl adjacent to an activating group) is 1. The van der Waals surface area contributed by atoms with Gasteiger partial charge in [-0.3, -0.25) is 0 Å². The molecule has 10 aromatic carbocycles. The molecule has 0 saturated carbocycles. The molecule has 30 heteroatoms. The summed E-state index contributed by atoms with van der Waals surface area (Å²) in [5, 5.41) is 47.2. The van der Waals surface area contributed by atoms with Gasteiger partial charge in [-0.25, -0.2) is 47.5 Å². The van der Waals surface area contributed by atoms with Crippen LogP contribution in [0.25, 0.3) is 132 Å². The molecule has 1 aliphatic heterocycles. The molecule has 16 heterocycles. The van der Waals surface area contributed by atoms with Gasteiger partial charge in [-0.15, -0.1) is 82.2 Å². The number of hydrogen-bond donors (Lipinski definition) is 5. The topological polar surface area (TPSA) is 245 Å². The summed E-state index contributed by atoms with van der Waals surface area (Å²) in [4.78, 5) is 33.6. The van der Waals surface area contributed by atoms with E-state index in [9.17, 15) is 0 Å². The van der Waals surface area contributed by atoms with Crippen LogP contribution in [0.3, 0.4) is 0 Å². The van der Waals surface area contributed by atoms with Crippen LogP contribution in [0, 0.1) is 41.5 Å². The van der Waals surface area contributed by atoms with E-state index in [-0.39, 0.29) is 0 Å². The molecule has 0 aliphatic carbocycles. The number of aryl methyl sites for hydroxylation is 5. The lowest BCUT2D eigenvalue weighted by molar-refractivity contribution is 0.313. The van der Waals surface area contributed by atoms with Crippen LogP contribution >= 0.6 is 56.7 Å². The van der Waals surface area contributed by atoms with Crippen LogP contribution in [0.2, 0.25) is 0 Å². The Morgan fingerprint density at radius 1 is 0.285 bits per heavy atom. The number of nitrogens with one attached hydrogen (secondary N) is 5. The zero-order valence-electron chi connectivity index (χ0n) is 80.5. The monoisotopic (exact) mass is 1980 g/mol. The largest absolute Gasteiger partial charge is 0.497 e. The second-order valence-electron chi connectivity index (χ2n) is 35.1. The lowest BCUT2D eigenvalue weighted by atomic mass is 10.1. The minimum absolute atomic E-state index is 0.746. The van der Waals surface area contributed by atoms with Crippen LogP contribution in [0.15, 0.2) is 334 Å². The summed E-state index contributed by atoms with van der Waals surface area (Å²) in [5.74, 6) is 6.36. The van der Waals surface area contributed by atoms with Gasteiger partial charge in [0.25, 0.3) is 0 Å². The lowest BCUT2D eigenvalue weighted by Crippen LogP contribution is -2.44. The summed E-state index contributed by atoms with van der Waals surface area (Å²) in [6.45, 7) is 16.6. The first-order chi connectivity index (χ1) is 70.4. The highest BCUT2D eigenvalue weighted by molar-refractivity contribution is 7.23. The summed E-state index contributed by atoms with van der Waals surface area (Å²) in [5.41, 5.74) is 22.0. The van der Waals surface area contributed by atoms with E-state index in [2.05, 4.69) is 292 Å². The van der Waals surface area contributed by atoms with Crippen LogP contribution in [0.5, 0.6) is 17.2 Å². The van der Waals surface area contributed by atoms with Gasteiger partial charge in [0, 0.05) is 102 Å². The molecule has 0 unspecified atom stereocenters. The second kappa shape index (κ2) is 40.5. The smallest absolute Gasteiger partial charge is 0.154 e. The Kier molecular flexibility index (Phi) is 25.9. The van der Waals surface area contributed by atoms with E-state index in [1.54, 1.807) is 78.0 Å². The highest BCUT2D eigenvalue weighted by Gasteiger charge is 2.23. The van der Waals surface area contributed by atoms with Crippen molar-refractivity contribution in [1.82, 2.24) is 77.9 Å². The molecule has 15 aromatic heterocycles. The van der Waals surface area contributed by atoms with Gasteiger partial charge >= 0.3 is 0 Å². The summed E-state index contributed by atoms with van der Waals surface area (Å²) in [6, 6.07) is 108. The molecule has 712 valence electrons. The van der Waals surface area contributed by atoms with Gasteiger partial charge < -0.3 is 50.6 Å². The molecule has 25 nitrogen and oxygen atoms in total. The van der Waals surface area contributed by atoms with E-state index < -0.39 is 0 Å². The van der Waals surface area contributed by atoms with Crippen molar-refractivity contribution in [2.75, 3.05) is 86.0 Å². The van der Waals surface area contributed by atoms with E-state index >= 15 is 0 Å². The maximum Gasteiger partial charge on any atom is 0.154 e. The number of aromatic nitrogens is 15. The van der Waals surface area contributed by atoms with E-state index in [4.69, 9.17) is 49.7 Å². The SMILES string of the molecule is COc1cc(Nc2ccc3nc(C)c(-c4cc5ccccc5s4)n3n2)ccc1C.COc1cc(Nc2ccc3ncc(-c4cc5ccccc5s4)n3n2)cc(C)c1C.COc1cccc(Nc2ccc3ncc(-c4cc5ccccc5s4)n3n2)c1.Cc1ccc(Nc2ccc3ncc(-c4cc5ccccc5s4)n3n2)cc1.Cc1nc2ccc(Nc3cccc(N4CCN(C)CC4)c3)nn2c1-c1cc2ccccc2s1. The standard InChI is InChI=1S/C26H26N6S.2C23H20N4OS.C21H16N4OS.C21H16N4S/c1-18-26(23-16-19-6-3-4-9-22(19)33-23)32-25(27-18)11-10-24(29-32)28-20-7-5-8-21(17-20)31-14-12-30(2)13-15-31;1-14-10-17(12-19(28-3)15(14)2)25-22-8-9-23-24-13-18(27(23)26-22)21-11-16-6-4-5-7-20(16)29-21;1-14-8-9-17(13-18(14)28-3)25-21-10-11-22-24-15(2)23(27(22)26-21)20-12-16-6-4-5-7-19(16)29-20;1-26-16-7-4-6-15(12-16)23-20-9-10-21-22-13-17(25(21)24-20)19-11-14-5-2-3-8-18(14)27-19;1-14-6-8-16(9-7-14)23-20-10-11-21-22-13-17(25(21)24-20)19-12-15-4-2-3-5-18(15)26-19/h3-11,16-17H,12-15H2,1-2H3,(H,28,29);2*4-13H,1-3H3,(H,25,26);2-13H,1H3,(H,23,24);2-13H,1H3,(H,23,24). The number of methoxy groups -OCH3 is 3. The number of benzene rings is 10. The Morgan fingerprint density at radius 3 is 1.07 bits per heavy atom. The molecule has 0 spiro atoms.